The van der Waals surface area contributed by atoms with Gasteiger partial charge in [0.1, 0.15) is 17.2 Å². The van der Waals surface area contributed by atoms with Gasteiger partial charge in [0.05, 0.1) is 51.4 Å². The number of aromatic amines is 3. The number of hydrogen-bond donors (Lipinski definition) is 2. The number of benzene rings is 2. The zero-order valence-corrected chi connectivity index (χ0v) is 18.7. The van der Waals surface area contributed by atoms with E-state index in [9.17, 15) is 0 Å². The maximum absolute atomic E-state index is 6.18. The van der Waals surface area contributed by atoms with Gasteiger partial charge in [0.2, 0.25) is 0 Å². The summed E-state index contributed by atoms with van der Waals surface area (Å²) in [6.45, 7) is 1.88. The van der Waals surface area contributed by atoms with Crippen LogP contribution in [0.25, 0.3) is 33.5 Å². The average Bonchev–Trinajstić information content (AvgIpc) is 3.43. The topological polar surface area (TPSA) is 74.7 Å². The summed E-state index contributed by atoms with van der Waals surface area (Å²) in [5.74, 6) is 3.38. The lowest BCUT2D eigenvalue weighted by Crippen LogP contribution is -2.37. The van der Waals surface area contributed by atoms with Crippen LogP contribution in [0.4, 0.5) is 5.82 Å². The Balaban J connectivity index is 1.27. The molecule has 0 saturated carbocycles. The first-order valence-electron chi connectivity index (χ1n) is 10.7. The number of fused-ring (bicyclic) bond motifs is 2. The van der Waals surface area contributed by atoms with Gasteiger partial charge in [-0.15, -0.1) is 0 Å². The van der Waals surface area contributed by atoms with Crippen molar-refractivity contribution < 1.29 is 4.98 Å². The van der Waals surface area contributed by atoms with Crippen molar-refractivity contribution in [3.05, 3.63) is 70.6 Å². The monoisotopic (exact) mass is 463 g/mol. The Morgan fingerprint density at radius 2 is 1.69 bits per heavy atom. The minimum absolute atomic E-state index is 0.432. The maximum atomic E-state index is 6.18. The number of pyridine rings is 1. The van der Waals surface area contributed by atoms with E-state index in [2.05, 4.69) is 38.1 Å². The first-order valence-corrected chi connectivity index (χ1v) is 11.5. The summed E-state index contributed by atoms with van der Waals surface area (Å²) in [5, 5.41) is 1.02. The molecular weight excluding hydrogens is 443 g/mol. The van der Waals surface area contributed by atoms with Gasteiger partial charge < -0.3 is 9.97 Å². The van der Waals surface area contributed by atoms with Gasteiger partial charge in [-0.05, 0) is 49.2 Å². The molecule has 0 spiro atoms. The Morgan fingerprint density at radius 1 is 0.875 bits per heavy atom. The molecule has 3 aromatic heterocycles. The molecule has 5 aromatic rings. The molecule has 4 heterocycles. The third-order valence-corrected chi connectivity index (χ3v) is 6.94. The maximum Gasteiger partial charge on any atom is 0.285 e. The van der Waals surface area contributed by atoms with Crippen molar-refractivity contribution >= 4 is 51.1 Å². The fraction of sp³-hybridized carbons (Fsp3) is 0.208. The Morgan fingerprint density at radius 3 is 2.53 bits per heavy atom. The lowest BCUT2D eigenvalue weighted by Gasteiger charge is -2.27. The third kappa shape index (κ3) is 3.40. The molecule has 2 aromatic carbocycles. The van der Waals surface area contributed by atoms with Crippen LogP contribution in [0.5, 0.6) is 0 Å². The van der Waals surface area contributed by atoms with Gasteiger partial charge >= 0.3 is 0 Å². The van der Waals surface area contributed by atoms with Crippen LogP contribution in [0.3, 0.4) is 0 Å². The van der Waals surface area contributed by atoms with Crippen LogP contribution in [0, 0.1) is 0 Å². The largest absolute Gasteiger partial charge is 0.342 e. The van der Waals surface area contributed by atoms with Crippen molar-refractivity contribution in [1.29, 1.82) is 0 Å². The van der Waals surface area contributed by atoms with Crippen LogP contribution < -0.4 is 9.88 Å². The summed E-state index contributed by atoms with van der Waals surface area (Å²) in [6, 6.07) is 15.9. The SMILES string of the molecule is Clc1cc2nc(-c3ccc[nH+]c3N3CCC(c4nc5ccccc5[nH]4)CC3)[nH]c2cc1Cl. The fourth-order valence-electron chi connectivity index (χ4n) is 4.56. The molecule has 0 aliphatic carbocycles. The van der Waals surface area contributed by atoms with E-state index >= 15 is 0 Å². The highest BCUT2D eigenvalue weighted by Gasteiger charge is 2.30. The number of piperidine rings is 1. The van der Waals surface area contributed by atoms with Crippen LogP contribution in [0.1, 0.15) is 24.6 Å². The van der Waals surface area contributed by atoms with Crippen LogP contribution >= 0.6 is 23.2 Å². The van der Waals surface area contributed by atoms with E-state index in [1.165, 1.54) is 0 Å². The minimum Gasteiger partial charge on any atom is -0.342 e. The zero-order chi connectivity index (χ0) is 21.7. The minimum atomic E-state index is 0.432. The van der Waals surface area contributed by atoms with E-state index in [0.717, 1.165) is 71.0 Å². The standard InChI is InChI=1S/C24H20Cl2N6/c25-16-12-20-21(13-17(16)26)31-23(30-20)15-4-3-9-27-24(15)32-10-7-14(8-11-32)22-28-18-5-1-2-6-19(18)29-22/h1-6,9,12-14H,7-8,10-11H2,(H,28,29)(H,30,31)/p+1. The molecule has 0 unspecified atom stereocenters. The van der Waals surface area contributed by atoms with Crippen molar-refractivity contribution in [3.8, 4) is 11.4 Å². The van der Waals surface area contributed by atoms with Gasteiger partial charge in [-0.1, -0.05) is 35.3 Å². The first-order chi connectivity index (χ1) is 15.7. The number of H-pyrrole nitrogens is 3. The molecule has 8 heteroatoms. The highest BCUT2D eigenvalue weighted by Crippen LogP contribution is 2.34. The normalized spacial score (nSPS) is 15.1. The quantitative estimate of drug-likeness (QED) is 0.365. The smallest absolute Gasteiger partial charge is 0.285 e. The summed E-state index contributed by atoms with van der Waals surface area (Å²) < 4.78 is 0. The highest BCUT2D eigenvalue weighted by atomic mass is 35.5. The van der Waals surface area contributed by atoms with Gasteiger partial charge in [0.25, 0.3) is 5.82 Å². The van der Waals surface area contributed by atoms with Gasteiger partial charge in [-0.3, -0.25) is 4.90 Å². The van der Waals surface area contributed by atoms with E-state index in [1.807, 2.05) is 30.5 Å². The van der Waals surface area contributed by atoms with E-state index < -0.39 is 0 Å². The lowest BCUT2D eigenvalue weighted by atomic mass is 9.96. The molecular formula is C24H21Cl2N6+. The molecule has 0 atom stereocenters. The molecule has 1 saturated heterocycles. The molecule has 0 radical (unpaired) electrons. The van der Waals surface area contributed by atoms with Crippen molar-refractivity contribution in [2.24, 2.45) is 0 Å². The number of halogens is 2. The third-order valence-electron chi connectivity index (χ3n) is 6.22. The molecule has 1 aliphatic rings. The van der Waals surface area contributed by atoms with E-state index in [1.54, 1.807) is 6.07 Å². The molecule has 1 aliphatic heterocycles. The molecule has 0 bridgehead atoms. The average molecular weight is 464 g/mol. The van der Waals surface area contributed by atoms with Gasteiger partial charge in [0.15, 0.2) is 0 Å². The van der Waals surface area contributed by atoms with Crippen LogP contribution in [0.15, 0.2) is 54.7 Å². The summed E-state index contributed by atoms with van der Waals surface area (Å²) in [4.78, 5) is 22.3. The van der Waals surface area contributed by atoms with Crippen LogP contribution in [0.2, 0.25) is 10.0 Å². The number of aromatic nitrogens is 5. The van der Waals surface area contributed by atoms with E-state index in [0.29, 0.717) is 16.0 Å². The molecule has 6 nitrogen and oxygen atoms in total. The van der Waals surface area contributed by atoms with Crippen molar-refractivity contribution in [1.82, 2.24) is 19.9 Å². The Bertz CT molecular complexity index is 1360. The zero-order valence-electron chi connectivity index (χ0n) is 17.2. The van der Waals surface area contributed by atoms with E-state index in [-0.39, 0.29) is 0 Å². The number of hydrogen-bond acceptors (Lipinski definition) is 3. The number of nitrogens with one attached hydrogen (secondary N) is 3. The van der Waals surface area contributed by atoms with Crippen LogP contribution in [-0.4, -0.2) is 33.0 Å². The summed E-state index contributed by atoms with van der Waals surface area (Å²) >= 11 is 12.4. The van der Waals surface area contributed by atoms with Crippen molar-refractivity contribution in [2.75, 3.05) is 18.0 Å². The van der Waals surface area contributed by atoms with E-state index in [4.69, 9.17) is 33.2 Å². The number of rotatable bonds is 3. The molecule has 0 amide bonds. The van der Waals surface area contributed by atoms with Gasteiger partial charge in [-0.25, -0.2) is 15.0 Å². The number of para-hydroxylation sites is 2. The van der Waals surface area contributed by atoms with Gasteiger partial charge in [0, 0.05) is 5.92 Å². The predicted molar refractivity (Wildman–Crippen MR) is 128 cm³/mol. The second kappa shape index (κ2) is 7.80. The Hall–Kier alpha value is -3.09. The lowest BCUT2D eigenvalue weighted by molar-refractivity contribution is -0.363. The van der Waals surface area contributed by atoms with Crippen molar-refractivity contribution in [3.63, 3.8) is 0 Å². The molecule has 6 rings (SSSR count). The van der Waals surface area contributed by atoms with Gasteiger partial charge in [-0.2, -0.15) is 0 Å². The second-order valence-corrected chi connectivity index (χ2v) is 9.02. The van der Waals surface area contributed by atoms with Crippen molar-refractivity contribution in [2.45, 2.75) is 18.8 Å². The van der Waals surface area contributed by atoms with Crippen LogP contribution in [-0.2, 0) is 0 Å². The predicted octanol–water partition coefficient (Wildman–Crippen LogP) is 5.61. The molecule has 3 N–H and O–H groups in total. The molecule has 1 fully saturated rings. The molecule has 32 heavy (non-hydrogen) atoms. The Labute approximate surface area is 194 Å². The molecule has 160 valence electrons. The highest BCUT2D eigenvalue weighted by molar-refractivity contribution is 6.42. The first kappa shape index (κ1) is 19.6. The Kier molecular flexibility index (Phi) is 4.77. The summed E-state index contributed by atoms with van der Waals surface area (Å²) in [6.07, 6.45) is 4.03. The summed E-state index contributed by atoms with van der Waals surface area (Å²) in [5.41, 5.74) is 4.83. The summed E-state index contributed by atoms with van der Waals surface area (Å²) in [7, 11) is 0. The second-order valence-electron chi connectivity index (χ2n) is 8.20. The number of anilines is 1. The number of nitrogens with zero attached hydrogens (tertiary/aromatic N) is 3. The number of imidazole rings is 2. The fourth-order valence-corrected chi connectivity index (χ4v) is 4.88.